The number of aromatic nitrogens is 1. The van der Waals surface area contributed by atoms with Crippen LogP contribution in [0.3, 0.4) is 0 Å². The van der Waals surface area contributed by atoms with Gasteiger partial charge in [-0.15, -0.1) is 0 Å². The van der Waals surface area contributed by atoms with E-state index < -0.39 is 0 Å². The molecule has 0 radical (unpaired) electrons. The standard InChI is InChI=1S/C19H18N2O/c22-14-18-5-1-2-7-19(18)21-13-15-4-3-6-17(12-15)16-8-10-20-11-9-16/h1-12,21-22H,13-14H2. The van der Waals surface area contributed by atoms with Crippen molar-refractivity contribution in [2.45, 2.75) is 13.2 Å². The summed E-state index contributed by atoms with van der Waals surface area (Å²) in [5, 5.41) is 12.7. The van der Waals surface area contributed by atoms with Gasteiger partial charge in [-0.1, -0.05) is 36.4 Å². The Bertz CT molecular complexity index is 741. The van der Waals surface area contributed by atoms with Gasteiger partial charge in [-0.25, -0.2) is 0 Å². The van der Waals surface area contributed by atoms with E-state index in [-0.39, 0.29) is 6.61 Å². The van der Waals surface area contributed by atoms with Crippen LogP contribution in [0, 0.1) is 0 Å². The van der Waals surface area contributed by atoms with Crippen molar-refractivity contribution in [2.24, 2.45) is 0 Å². The maximum Gasteiger partial charge on any atom is 0.0701 e. The molecular formula is C19H18N2O. The van der Waals surface area contributed by atoms with Crippen LogP contribution in [0.2, 0.25) is 0 Å². The minimum Gasteiger partial charge on any atom is -0.392 e. The monoisotopic (exact) mass is 290 g/mol. The molecule has 0 atom stereocenters. The van der Waals surface area contributed by atoms with Gasteiger partial charge in [-0.2, -0.15) is 0 Å². The zero-order valence-electron chi connectivity index (χ0n) is 12.2. The molecule has 0 aliphatic rings. The van der Waals surface area contributed by atoms with E-state index in [9.17, 15) is 5.11 Å². The normalized spacial score (nSPS) is 10.4. The second-order valence-corrected chi connectivity index (χ2v) is 5.11. The number of hydrogen-bond acceptors (Lipinski definition) is 3. The average Bonchev–Trinajstić information content (AvgIpc) is 2.61. The Labute approximate surface area is 130 Å². The largest absolute Gasteiger partial charge is 0.392 e. The molecule has 2 N–H and O–H groups in total. The lowest BCUT2D eigenvalue weighted by Gasteiger charge is -2.11. The van der Waals surface area contributed by atoms with Gasteiger partial charge in [-0.05, 0) is 41.0 Å². The van der Waals surface area contributed by atoms with Gasteiger partial charge in [0.2, 0.25) is 0 Å². The first-order valence-corrected chi connectivity index (χ1v) is 7.29. The van der Waals surface area contributed by atoms with E-state index in [1.165, 1.54) is 11.1 Å². The Morgan fingerprint density at radius 1 is 0.864 bits per heavy atom. The van der Waals surface area contributed by atoms with Crippen LogP contribution in [-0.2, 0) is 13.2 Å². The molecule has 0 saturated carbocycles. The van der Waals surface area contributed by atoms with Crippen LogP contribution < -0.4 is 5.32 Å². The van der Waals surface area contributed by atoms with E-state index in [4.69, 9.17) is 0 Å². The van der Waals surface area contributed by atoms with Crippen LogP contribution in [0.1, 0.15) is 11.1 Å². The Hall–Kier alpha value is -2.65. The third-order valence-electron chi connectivity index (χ3n) is 3.61. The van der Waals surface area contributed by atoms with E-state index in [0.717, 1.165) is 23.4 Å². The van der Waals surface area contributed by atoms with Crippen molar-refractivity contribution in [1.29, 1.82) is 0 Å². The van der Waals surface area contributed by atoms with Crippen molar-refractivity contribution in [3.63, 3.8) is 0 Å². The third kappa shape index (κ3) is 3.32. The van der Waals surface area contributed by atoms with Crippen molar-refractivity contribution >= 4 is 5.69 Å². The summed E-state index contributed by atoms with van der Waals surface area (Å²) in [7, 11) is 0. The van der Waals surface area contributed by atoms with Gasteiger partial charge >= 0.3 is 0 Å². The minimum absolute atomic E-state index is 0.0419. The maximum absolute atomic E-state index is 9.36. The van der Waals surface area contributed by atoms with Gasteiger partial charge in [-0.3, -0.25) is 4.98 Å². The molecule has 0 aliphatic heterocycles. The molecule has 0 aliphatic carbocycles. The molecule has 0 amide bonds. The lowest BCUT2D eigenvalue weighted by Crippen LogP contribution is -2.02. The molecule has 0 fully saturated rings. The number of aliphatic hydroxyl groups excluding tert-OH is 1. The van der Waals surface area contributed by atoms with Crippen LogP contribution in [0.15, 0.2) is 73.1 Å². The quantitative estimate of drug-likeness (QED) is 0.750. The van der Waals surface area contributed by atoms with E-state index in [1.54, 1.807) is 12.4 Å². The molecule has 0 spiro atoms. The fourth-order valence-corrected chi connectivity index (χ4v) is 2.43. The molecule has 3 heteroatoms. The van der Waals surface area contributed by atoms with Crippen molar-refractivity contribution in [2.75, 3.05) is 5.32 Å². The molecular weight excluding hydrogens is 272 g/mol. The van der Waals surface area contributed by atoms with Gasteiger partial charge in [0, 0.05) is 30.2 Å². The molecule has 110 valence electrons. The van der Waals surface area contributed by atoms with Crippen LogP contribution in [0.4, 0.5) is 5.69 Å². The third-order valence-corrected chi connectivity index (χ3v) is 3.61. The Morgan fingerprint density at radius 3 is 2.50 bits per heavy atom. The minimum atomic E-state index is 0.0419. The molecule has 22 heavy (non-hydrogen) atoms. The predicted octanol–water partition coefficient (Wildman–Crippen LogP) is 3.85. The molecule has 3 aromatic rings. The first-order valence-electron chi connectivity index (χ1n) is 7.29. The van der Waals surface area contributed by atoms with E-state index in [2.05, 4.69) is 34.6 Å². The van der Waals surface area contributed by atoms with Crippen LogP contribution in [-0.4, -0.2) is 10.1 Å². The SMILES string of the molecule is OCc1ccccc1NCc1cccc(-c2ccncc2)c1. The number of para-hydroxylation sites is 1. The Kier molecular flexibility index (Phi) is 4.47. The molecule has 0 bridgehead atoms. The molecule has 1 aromatic heterocycles. The molecule has 3 nitrogen and oxygen atoms in total. The Morgan fingerprint density at radius 2 is 1.68 bits per heavy atom. The van der Waals surface area contributed by atoms with Crippen molar-refractivity contribution < 1.29 is 5.11 Å². The zero-order valence-corrected chi connectivity index (χ0v) is 12.2. The highest BCUT2D eigenvalue weighted by molar-refractivity contribution is 5.63. The molecule has 3 rings (SSSR count). The number of hydrogen-bond donors (Lipinski definition) is 2. The lowest BCUT2D eigenvalue weighted by molar-refractivity contribution is 0.282. The van der Waals surface area contributed by atoms with Gasteiger partial charge < -0.3 is 10.4 Å². The predicted molar refractivity (Wildman–Crippen MR) is 89.4 cm³/mol. The first-order chi connectivity index (χ1) is 10.9. The van der Waals surface area contributed by atoms with Crippen LogP contribution in [0.25, 0.3) is 11.1 Å². The average molecular weight is 290 g/mol. The lowest BCUT2D eigenvalue weighted by atomic mass is 10.0. The summed E-state index contributed by atoms with van der Waals surface area (Å²) in [4.78, 5) is 4.05. The summed E-state index contributed by atoms with van der Waals surface area (Å²) in [5.74, 6) is 0. The second-order valence-electron chi connectivity index (χ2n) is 5.11. The van der Waals surface area contributed by atoms with E-state index in [1.807, 2.05) is 36.4 Å². The van der Waals surface area contributed by atoms with Gasteiger partial charge in [0.15, 0.2) is 0 Å². The summed E-state index contributed by atoms with van der Waals surface area (Å²) in [6.45, 7) is 0.760. The highest BCUT2D eigenvalue weighted by atomic mass is 16.3. The summed E-state index contributed by atoms with van der Waals surface area (Å²) in [6, 6.07) is 20.2. The molecule has 1 heterocycles. The van der Waals surface area contributed by atoms with Crippen molar-refractivity contribution in [3.8, 4) is 11.1 Å². The number of aliphatic hydroxyl groups is 1. The smallest absolute Gasteiger partial charge is 0.0701 e. The highest BCUT2D eigenvalue weighted by Crippen LogP contribution is 2.21. The summed E-state index contributed by atoms with van der Waals surface area (Å²) < 4.78 is 0. The van der Waals surface area contributed by atoms with Crippen molar-refractivity contribution in [1.82, 2.24) is 4.98 Å². The molecule has 0 unspecified atom stereocenters. The van der Waals surface area contributed by atoms with Crippen molar-refractivity contribution in [3.05, 3.63) is 84.2 Å². The molecule has 0 saturated heterocycles. The number of nitrogens with one attached hydrogen (secondary N) is 1. The first kappa shape index (κ1) is 14.3. The second kappa shape index (κ2) is 6.87. The van der Waals surface area contributed by atoms with Gasteiger partial charge in [0.1, 0.15) is 0 Å². The Balaban J connectivity index is 1.76. The van der Waals surface area contributed by atoms with Crippen LogP contribution >= 0.6 is 0 Å². The van der Waals surface area contributed by atoms with Crippen LogP contribution in [0.5, 0.6) is 0 Å². The molecule has 2 aromatic carbocycles. The number of anilines is 1. The summed E-state index contributed by atoms with van der Waals surface area (Å²) >= 11 is 0. The zero-order chi connectivity index (χ0) is 15.2. The van der Waals surface area contributed by atoms with E-state index >= 15 is 0 Å². The maximum atomic E-state index is 9.36. The number of rotatable bonds is 5. The highest BCUT2D eigenvalue weighted by Gasteiger charge is 2.02. The van der Waals surface area contributed by atoms with Gasteiger partial charge in [0.05, 0.1) is 6.61 Å². The number of pyridine rings is 1. The number of benzene rings is 2. The van der Waals surface area contributed by atoms with Gasteiger partial charge in [0.25, 0.3) is 0 Å². The fourth-order valence-electron chi connectivity index (χ4n) is 2.43. The summed E-state index contributed by atoms with van der Waals surface area (Å²) in [6.07, 6.45) is 3.61. The number of nitrogens with zero attached hydrogens (tertiary/aromatic N) is 1. The summed E-state index contributed by atoms with van der Waals surface area (Å²) in [5.41, 5.74) is 5.42. The fraction of sp³-hybridized carbons (Fsp3) is 0.105. The van der Waals surface area contributed by atoms with E-state index in [0.29, 0.717) is 0 Å². The topological polar surface area (TPSA) is 45.1 Å².